The number of amides is 2. The van der Waals surface area contributed by atoms with E-state index in [0.717, 1.165) is 36.8 Å². The van der Waals surface area contributed by atoms with Crippen LogP contribution >= 0.6 is 0 Å². The average Bonchev–Trinajstić information content (AvgIpc) is 2.65. The molecule has 26 heavy (non-hydrogen) atoms. The first kappa shape index (κ1) is 18.9. The average molecular weight is 357 g/mol. The summed E-state index contributed by atoms with van der Waals surface area (Å²) in [6.45, 7) is 0. The number of hydrogen-bond acceptors (Lipinski definition) is 2. The van der Waals surface area contributed by atoms with Crippen LogP contribution < -0.4 is 10.6 Å². The molecule has 0 heterocycles. The van der Waals surface area contributed by atoms with Crippen LogP contribution in [0.2, 0.25) is 0 Å². The monoisotopic (exact) mass is 356 g/mol. The second kappa shape index (κ2) is 9.75. The standard InChI is InChI=1S/C22H32N2O2/c25-21(23-19-7-3-1-4-8-19)15-17-11-13-18(14-12-17)16-22(26)24-20-9-5-2-6-10-20/h11-14,19-20H,1-10,15-16H2,(H,23,25)(H,24,26). The lowest BCUT2D eigenvalue weighted by molar-refractivity contribution is -0.122. The van der Waals surface area contributed by atoms with Crippen molar-refractivity contribution in [3.8, 4) is 0 Å². The fourth-order valence-electron chi connectivity index (χ4n) is 4.20. The molecule has 2 N–H and O–H groups in total. The number of benzene rings is 1. The topological polar surface area (TPSA) is 58.2 Å². The van der Waals surface area contributed by atoms with Gasteiger partial charge in [-0.2, -0.15) is 0 Å². The van der Waals surface area contributed by atoms with E-state index in [0.29, 0.717) is 24.9 Å². The van der Waals surface area contributed by atoms with Gasteiger partial charge in [-0.1, -0.05) is 62.8 Å². The van der Waals surface area contributed by atoms with Crippen LogP contribution in [0.3, 0.4) is 0 Å². The molecule has 0 bridgehead atoms. The summed E-state index contributed by atoms with van der Waals surface area (Å²) >= 11 is 0. The summed E-state index contributed by atoms with van der Waals surface area (Å²) in [4.78, 5) is 24.4. The van der Waals surface area contributed by atoms with E-state index >= 15 is 0 Å². The highest BCUT2D eigenvalue weighted by Crippen LogP contribution is 2.18. The van der Waals surface area contributed by atoms with Gasteiger partial charge in [0.15, 0.2) is 0 Å². The first-order chi connectivity index (χ1) is 12.7. The second-order valence-electron chi connectivity index (χ2n) is 7.97. The van der Waals surface area contributed by atoms with E-state index in [1.165, 1.54) is 38.5 Å². The molecule has 1 aromatic rings. The highest BCUT2D eigenvalue weighted by molar-refractivity contribution is 5.80. The summed E-state index contributed by atoms with van der Waals surface area (Å²) < 4.78 is 0. The minimum Gasteiger partial charge on any atom is -0.353 e. The zero-order valence-corrected chi connectivity index (χ0v) is 15.8. The number of carbonyl (C=O) groups is 2. The van der Waals surface area contributed by atoms with Gasteiger partial charge in [0.2, 0.25) is 11.8 Å². The van der Waals surface area contributed by atoms with Crippen molar-refractivity contribution in [1.29, 1.82) is 0 Å². The van der Waals surface area contributed by atoms with Gasteiger partial charge in [0.05, 0.1) is 12.8 Å². The van der Waals surface area contributed by atoms with Crippen molar-refractivity contribution in [2.45, 2.75) is 89.1 Å². The SMILES string of the molecule is O=C(Cc1ccc(CC(=O)NC2CCCCC2)cc1)NC1CCCCC1. The van der Waals surface area contributed by atoms with E-state index < -0.39 is 0 Å². The summed E-state index contributed by atoms with van der Waals surface area (Å²) in [6.07, 6.45) is 12.8. The Labute approximate surface area is 157 Å². The van der Waals surface area contributed by atoms with Gasteiger partial charge in [0.25, 0.3) is 0 Å². The molecule has 4 heteroatoms. The Morgan fingerprint density at radius 2 is 1.00 bits per heavy atom. The Balaban J connectivity index is 1.42. The number of hydrogen-bond donors (Lipinski definition) is 2. The molecule has 0 atom stereocenters. The third kappa shape index (κ3) is 6.15. The van der Waals surface area contributed by atoms with Crippen molar-refractivity contribution in [1.82, 2.24) is 10.6 Å². The van der Waals surface area contributed by atoms with Gasteiger partial charge >= 0.3 is 0 Å². The summed E-state index contributed by atoms with van der Waals surface area (Å²) in [5.74, 6) is 0.222. The molecule has 0 unspecified atom stereocenters. The van der Waals surface area contributed by atoms with E-state index in [-0.39, 0.29) is 11.8 Å². The summed E-state index contributed by atoms with van der Waals surface area (Å²) in [7, 11) is 0. The maximum Gasteiger partial charge on any atom is 0.224 e. The lowest BCUT2D eigenvalue weighted by Gasteiger charge is -2.23. The lowest BCUT2D eigenvalue weighted by Crippen LogP contribution is -2.37. The van der Waals surface area contributed by atoms with Crippen LogP contribution in [0.5, 0.6) is 0 Å². The van der Waals surface area contributed by atoms with E-state index in [1.807, 2.05) is 24.3 Å². The molecule has 0 radical (unpaired) electrons. The molecular formula is C22H32N2O2. The highest BCUT2D eigenvalue weighted by Gasteiger charge is 2.17. The molecule has 2 aliphatic carbocycles. The van der Waals surface area contributed by atoms with E-state index in [9.17, 15) is 9.59 Å². The van der Waals surface area contributed by atoms with Crippen LogP contribution in [-0.4, -0.2) is 23.9 Å². The zero-order chi connectivity index (χ0) is 18.2. The molecule has 3 rings (SSSR count). The first-order valence-electron chi connectivity index (χ1n) is 10.4. The predicted octanol–water partition coefficient (Wildman–Crippen LogP) is 3.67. The van der Waals surface area contributed by atoms with E-state index in [2.05, 4.69) is 10.6 Å². The summed E-state index contributed by atoms with van der Waals surface area (Å²) in [5.41, 5.74) is 2.02. The van der Waals surface area contributed by atoms with Crippen molar-refractivity contribution in [2.24, 2.45) is 0 Å². The molecule has 142 valence electrons. The van der Waals surface area contributed by atoms with Gasteiger partial charge in [-0.25, -0.2) is 0 Å². The molecule has 0 aliphatic heterocycles. The maximum atomic E-state index is 12.2. The van der Waals surface area contributed by atoms with Gasteiger partial charge < -0.3 is 10.6 Å². The molecule has 2 amide bonds. The fraction of sp³-hybridized carbons (Fsp3) is 0.636. The Hall–Kier alpha value is -1.84. The fourth-order valence-corrected chi connectivity index (χ4v) is 4.20. The summed E-state index contributed by atoms with van der Waals surface area (Å²) in [6, 6.07) is 8.62. The molecule has 1 aromatic carbocycles. The van der Waals surface area contributed by atoms with Crippen LogP contribution in [0.4, 0.5) is 0 Å². The van der Waals surface area contributed by atoms with Crippen LogP contribution in [0.25, 0.3) is 0 Å². The summed E-state index contributed by atoms with van der Waals surface area (Å²) in [5, 5.41) is 6.31. The van der Waals surface area contributed by atoms with Crippen LogP contribution in [-0.2, 0) is 22.4 Å². The maximum absolute atomic E-state index is 12.2. The Morgan fingerprint density at radius 3 is 1.35 bits per heavy atom. The van der Waals surface area contributed by atoms with Gasteiger partial charge in [0.1, 0.15) is 0 Å². The molecule has 4 nitrogen and oxygen atoms in total. The molecular weight excluding hydrogens is 324 g/mol. The van der Waals surface area contributed by atoms with Gasteiger partial charge in [-0.05, 0) is 36.8 Å². The Kier molecular flexibility index (Phi) is 7.10. The molecule has 0 saturated heterocycles. The second-order valence-corrected chi connectivity index (χ2v) is 7.97. The van der Waals surface area contributed by atoms with Crippen molar-refractivity contribution in [2.75, 3.05) is 0 Å². The smallest absolute Gasteiger partial charge is 0.224 e. The van der Waals surface area contributed by atoms with E-state index in [4.69, 9.17) is 0 Å². The van der Waals surface area contributed by atoms with Crippen molar-refractivity contribution < 1.29 is 9.59 Å². The van der Waals surface area contributed by atoms with Crippen molar-refractivity contribution >= 4 is 11.8 Å². The molecule has 0 spiro atoms. The Morgan fingerprint density at radius 1 is 0.654 bits per heavy atom. The molecule has 2 saturated carbocycles. The minimum atomic E-state index is 0.111. The normalized spacial score (nSPS) is 19.1. The van der Waals surface area contributed by atoms with Crippen LogP contribution in [0, 0.1) is 0 Å². The third-order valence-electron chi connectivity index (χ3n) is 5.69. The molecule has 0 aromatic heterocycles. The van der Waals surface area contributed by atoms with Gasteiger partial charge in [-0.3, -0.25) is 9.59 Å². The molecule has 2 fully saturated rings. The zero-order valence-electron chi connectivity index (χ0n) is 15.8. The van der Waals surface area contributed by atoms with Crippen molar-refractivity contribution in [3.63, 3.8) is 0 Å². The highest BCUT2D eigenvalue weighted by atomic mass is 16.2. The quantitative estimate of drug-likeness (QED) is 0.817. The van der Waals surface area contributed by atoms with Crippen LogP contribution in [0.1, 0.15) is 75.3 Å². The lowest BCUT2D eigenvalue weighted by atomic mass is 9.95. The first-order valence-corrected chi connectivity index (χ1v) is 10.4. The number of nitrogens with one attached hydrogen (secondary N) is 2. The predicted molar refractivity (Wildman–Crippen MR) is 104 cm³/mol. The van der Waals surface area contributed by atoms with Gasteiger partial charge in [-0.15, -0.1) is 0 Å². The number of carbonyl (C=O) groups excluding carboxylic acids is 2. The minimum absolute atomic E-state index is 0.111. The van der Waals surface area contributed by atoms with E-state index in [1.54, 1.807) is 0 Å². The largest absolute Gasteiger partial charge is 0.353 e. The van der Waals surface area contributed by atoms with Crippen LogP contribution in [0.15, 0.2) is 24.3 Å². The Bertz CT molecular complexity index is 532. The van der Waals surface area contributed by atoms with Gasteiger partial charge in [0, 0.05) is 12.1 Å². The van der Waals surface area contributed by atoms with Crippen molar-refractivity contribution in [3.05, 3.63) is 35.4 Å². The third-order valence-corrected chi connectivity index (χ3v) is 5.69. The number of rotatable bonds is 6. The molecule has 2 aliphatic rings.